The number of urea groups is 1. The summed E-state index contributed by atoms with van der Waals surface area (Å²) in [5, 5.41) is 17.8. The molecule has 0 aliphatic rings. The Hall–Kier alpha value is -2.09. The van der Waals surface area contributed by atoms with E-state index in [0.717, 1.165) is 0 Å². The Labute approximate surface area is 110 Å². The molecule has 8 nitrogen and oxygen atoms in total. The van der Waals surface area contributed by atoms with Gasteiger partial charge >= 0.3 is 12.0 Å². The summed E-state index contributed by atoms with van der Waals surface area (Å²) in [6, 6.07) is 1.44. The molecule has 3 N–H and O–H groups in total. The number of carboxylic acid groups (broad SMARTS) is 1. The lowest BCUT2D eigenvalue weighted by molar-refractivity contribution is -0.139. The van der Waals surface area contributed by atoms with Gasteiger partial charge in [-0.05, 0) is 6.07 Å². The summed E-state index contributed by atoms with van der Waals surface area (Å²) in [7, 11) is 1.41. The average Bonchev–Trinajstić information content (AvgIpc) is 2.87. The van der Waals surface area contributed by atoms with Crippen molar-refractivity contribution >= 4 is 12.0 Å². The Bertz CT molecular complexity index is 393. The Kier molecular flexibility index (Phi) is 6.37. The molecule has 0 fully saturated rings. The first-order chi connectivity index (χ1) is 9.11. The minimum absolute atomic E-state index is 0.149. The van der Waals surface area contributed by atoms with Crippen LogP contribution in [0.25, 0.3) is 0 Å². The Morgan fingerprint density at radius 3 is 2.84 bits per heavy atom. The number of aliphatic carboxylic acids is 1. The Morgan fingerprint density at radius 1 is 1.47 bits per heavy atom. The van der Waals surface area contributed by atoms with E-state index in [1.54, 1.807) is 23.1 Å². The third kappa shape index (κ3) is 6.41. The number of carbonyl (C=O) groups excluding carboxylic acids is 1. The number of methoxy groups -OCH3 is 1. The van der Waals surface area contributed by atoms with E-state index in [9.17, 15) is 9.59 Å². The van der Waals surface area contributed by atoms with Gasteiger partial charge in [-0.2, -0.15) is 5.10 Å². The number of amides is 2. The highest BCUT2D eigenvalue weighted by molar-refractivity contribution is 5.74. The second-order valence-electron chi connectivity index (χ2n) is 3.86. The van der Waals surface area contributed by atoms with E-state index in [0.29, 0.717) is 13.1 Å². The molecule has 1 aromatic rings. The van der Waals surface area contributed by atoms with E-state index in [2.05, 4.69) is 15.7 Å². The first kappa shape index (κ1) is 15.0. The van der Waals surface area contributed by atoms with E-state index in [4.69, 9.17) is 9.84 Å². The van der Waals surface area contributed by atoms with Gasteiger partial charge < -0.3 is 20.5 Å². The molecule has 1 rings (SSSR count). The SMILES string of the molecule is COC(CNC(=O)NCCn1cccn1)CC(=O)O. The van der Waals surface area contributed by atoms with Crippen LogP contribution in [0.15, 0.2) is 18.5 Å². The number of rotatable bonds is 8. The molecule has 0 aromatic carbocycles. The third-order valence-corrected chi connectivity index (χ3v) is 2.41. The monoisotopic (exact) mass is 270 g/mol. The van der Waals surface area contributed by atoms with Crippen LogP contribution in [0.5, 0.6) is 0 Å². The molecule has 0 spiro atoms. The van der Waals surface area contributed by atoms with Crippen molar-refractivity contribution in [2.24, 2.45) is 0 Å². The summed E-state index contributed by atoms with van der Waals surface area (Å²) in [5.41, 5.74) is 0. The predicted molar refractivity (Wildman–Crippen MR) is 66.7 cm³/mol. The normalized spacial score (nSPS) is 11.8. The van der Waals surface area contributed by atoms with E-state index in [1.807, 2.05) is 0 Å². The third-order valence-electron chi connectivity index (χ3n) is 2.41. The zero-order valence-electron chi connectivity index (χ0n) is 10.7. The van der Waals surface area contributed by atoms with E-state index in [1.165, 1.54) is 7.11 Å². The van der Waals surface area contributed by atoms with Crippen molar-refractivity contribution in [3.05, 3.63) is 18.5 Å². The molecule has 106 valence electrons. The fourth-order valence-electron chi connectivity index (χ4n) is 1.42. The van der Waals surface area contributed by atoms with Crippen LogP contribution in [0.4, 0.5) is 4.79 Å². The van der Waals surface area contributed by atoms with Crippen molar-refractivity contribution < 1.29 is 19.4 Å². The molecular formula is C11H18N4O4. The lowest BCUT2D eigenvalue weighted by Crippen LogP contribution is -2.41. The van der Waals surface area contributed by atoms with Crippen molar-refractivity contribution in [3.8, 4) is 0 Å². The second kappa shape index (κ2) is 8.09. The Morgan fingerprint density at radius 2 is 2.26 bits per heavy atom. The maximum Gasteiger partial charge on any atom is 0.314 e. The summed E-state index contributed by atoms with van der Waals surface area (Å²) in [5.74, 6) is -0.965. The van der Waals surface area contributed by atoms with Crippen LogP contribution < -0.4 is 10.6 Å². The molecule has 1 atom stereocenters. The fraction of sp³-hybridized carbons (Fsp3) is 0.545. The first-order valence-corrected chi connectivity index (χ1v) is 5.85. The van der Waals surface area contributed by atoms with Crippen molar-refractivity contribution in [1.29, 1.82) is 0 Å². The standard InChI is InChI=1S/C11H18N4O4/c1-19-9(7-10(16)17)8-13-11(18)12-4-6-15-5-2-3-14-15/h2-3,5,9H,4,6-8H2,1H3,(H,16,17)(H2,12,13,18). The molecule has 0 radical (unpaired) electrons. The van der Waals surface area contributed by atoms with Gasteiger partial charge in [0.2, 0.25) is 0 Å². The van der Waals surface area contributed by atoms with Crippen LogP contribution in [-0.2, 0) is 16.1 Å². The molecule has 2 amide bonds. The molecule has 8 heteroatoms. The number of nitrogens with zero attached hydrogens (tertiary/aromatic N) is 2. The Balaban J connectivity index is 2.14. The molecule has 1 heterocycles. The summed E-state index contributed by atoms with van der Waals surface area (Å²) >= 11 is 0. The minimum atomic E-state index is -0.965. The molecule has 1 aromatic heterocycles. The lowest BCUT2D eigenvalue weighted by atomic mass is 10.2. The van der Waals surface area contributed by atoms with Gasteiger partial charge in [0, 0.05) is 32.6 Å². The number of carboxylic acids is 1. The number of nitrogens with one attached hydrogen (secondary N) is 2. The number of carbonyl (C=O) groups is 2. The van der Waals surface area contributed by atoms with Gasteiger partial charge in [0.15, 0.2) is 0 Å². The van der Waals surface area contributed by atoms with Crippen LogP contribution >= 0.6 is 0 Å². The fourth-order valence-corrected chi connectivity index (χ4v) is 1.42. The largest absolute Gasteiger partial charge is 0.481 e. The van der Waals surface area contributed by atoms with Crippen molar-refractivity contribution in [2.75, 3.05) is 20.2 Å². The molecule has 0 bridgehead atoms. The molecule has 0 aliphatic heterocycles. The van der Waals surface area contributed by atoms with Gasteiger partial charge in [0.1, 0.15) is 0 Å². The summed E-state index contributed by atoms with van der Waals surface area (Å²) in [4.78, 5) is 21.9. The molecule has 0 saturated heterocycles. The van der Waals surface area contributed by atoms with E-state index < -0.39 is 12.1 Å². The zero-order valence-corrected chi connectivity index (χ0v) is 10.7. The topological polar surface area (TPSA) is 105 Å². The maximum atomic E-state index is 11.4. The van der Waals surface area contributed by atoms with Crippen LogP contribution in [0.1, 0.15) is 6.42 Å². The first-order valence-electron chi connectivity index (χ1n) is 5.85. The lowest BCUT2D eigenvalue weighted by Gasteiger charge is -2.14. The van der Waals surface area contributed by atoms with Gasteiger partial charge in [-0.25, -0.2) is 4.79 Å². The number of ether oxygens (including phenoxy) is 1. The predicted octanol–water partition coefficient (Wildman–Crippen LogP) is -0.328. The van der Waals surface area contributed by atoms with Crippen molar-refractivity contribution in [2.45, 2.75) is 19.1 Å². The molecule has 0 saturated carbocycles. The highest BCUT2D eigenvalue weighted by Gasteiger charge is 2.13. The van der Waals surface area contributed by atoms with Crippen molar-refractivity contribution in [3.63, 3.8) is 0 Å². The maximum absolute atomic E-state index is 11.4. The zero-order chi connectivity index (χ0) is 14.1. The van der Waals surface area contributed by atoms with E-state index in [-0.39, 0.29) is 19.0 Å². The van der Waals surface area contributed by atoms with Crippen LogP contribution in [0, 0.1) is 0 Å². The van der Waals surface area contributed by atoms with Crippen molar-refractivity contribution in [1.82, 2.24) is 20.4 Å². The molecule has 0 aliphatic carbocycles. The average molecular weight is 270 g/mol. The number of hydrogen-bond acceptors (Lipinski definition) is 4. The van der Waals surface area contributed by atoms with Gasteiger partial charge in [-0.1, -0.05) is 0 Å². The summed E-state index contributed by atoms with van der Waals surface area (Å²) in [6.07, 6.45) is 2.78. The quantitative estimate of drug-likeness (QED) is 0.600. The summed E-state index contributed by atoms with van der Waals surface area (Å²) in [6.45, 7) is 1.16. The highest BCUT2D eigenvalue weighted by atomic mass is 16.5. The number of aromatic nitrogens is 2. The van der Waals surface area contributed by atoms with Gasteiger partial charge in [-0.15, -0.1) is 0 Å². The highest BCUT2D eigenvalue weighted by Crippen LogP contribution is 1.95. The molecule has 19 heavy (non-hydrogen) atoms. The summed E-state index contributed by atoms with van der Waals surface area (Å²) < 4.78 is 6.63. The smallest absolute Gasteiger partial charge is 0.314 e. The van der Waals surface area contributed by atoms with Crippen LogP contribution in [0.2, 0.25) is 0 Å². The van der Waals surface area contributed by atoms with Gasteiger partial charge in [-0.3, -0.25) is 9.48 Å². The van der Waals surface area contributed by atoms with Crippen LogP contribution in [0.3, 0.4) is 0 Å². The number of hydrogen-bond donors (Lipinski definition) is 3. The van der Waals surface area contributed by atoms with Gasteiger partial charge in [0.05, 0.1) is 19.1 Å². The minimum Gasteiger partial charge on any atom is -0.481 e. The van der Waals surface area contributed by atoms with Crippen LogP contribution in [-0.4, -0.2) is 53.2 Å². The molecule has 1 unspecified atom stereocenters. The molecular weight excluding hydrogens is 252 g/mol. The van der Waals surface area contributed by atoms with E-state index >= 15 is 0 Å². The second-order valence-corrected chi connectivity index (χ2v) is 3.86. The van der Waals surface area contributed by atoms with Gasteiger partial charge in [0.25, 0.3) is 0 Å².